The van der Waals surface area contributed by atoms with Gasteiger partial charge in [-0.3, -0.25) is 0 Å². The Kier molecular flexibility index (Phi) is 5.43. The first-order valence-corrected chi connectivity index (χ1v) is 9.18. The minimum atomic E-state index is -3.54. The predicted molar refractivity (Wildman–Crippen MR) is 85.7 cm³/mol. The Balaban J connectivity index is 2.12. The monoisotopic (exact) mass is 376 g/mol. The van der Waals surface area contributed by atoms with Gasteiger partial charge in [-0.25, -0.2) is 13.1 Å². The molecule has 21 heavy (non-hydrogen) atoms. The molecule has 0 aliphatic heterocycles. The first kappa shape index (κ1) is 16.9. The second-order valence-corrected chi connectivity index (χ2v) is 7.95. The Morgan fingerprint density at radius 3 is 2.57 bits per heavy atom. The van der Waals surface area contributed by atoms with Gasteiger partial charge in [-0.05, 0) is 59.9 Å². The topological polar surface area (TPSA) is 67.4 Å². The van der Waals surface area contributed by atoms with Gasteiger partial charge in [0, 0.05) is 24.7 Å². The number of methoxy groups -OCH3 is 1. The van der Waals surface area contributed by atoms with Gasteiger partial charge in [0.05, 0.1) is 10.5 Å². The minimum Gasteiger partial charge on any atom is -0.377 e. The zero-order valence-electron chi connectivity index (χ0n) is 12.3. The molecule has 0 unspecified atom stereocenters. The van der Waals surface area contributed by atoms with Crippen LogP contribution in [0.1, 0.15) is 24.8 Å². The minimum absolute atomic E-state index is 0.257. The van der Waals surface area contributed by atoms with Crippen LogP contribution >= 0.6 is 15.9 Å². The van der Waals surface area contributed by atoms with Gasteiger partial charge in [0.25, 0.3) is 0 Å². The lowest BCUT2D eigenvalue weighted by atomic mass is 9.80. The fraction of sp³-hybridized carbons (Fsp3) is 0.571. The van der Waals surface area contributed by atoms with Crippen LogP contribution in [0.4, 0.5) is 0 Å². The van der Waals surface area contributed by atoms with E-state index in [9.17, 15) is 8.42 Å². The van der Waals surface area contributed by atoms with E-state index in [1.165, 1.54) is 0 Å². The maximum Gasteiger partial charge on any atom is 0.241 e. The Labute approximate surface area is 134 Å². The SMILES string of the molecule is CNCc1ccc(S(=O)(=O)NCC2(OC)CCC2)c(Br)c1. The molecule has 1 aromatic carbocycles. The highest BCUT2D eigenvalue weighted by Crippen LogP contribution is 2.34. The maximum atomic E-state index is 12.4. The summed E-state index contributed by atoms with van der Waals surface area (Å²) in [7, 11) is -0.0545. The van der Waals surface area contributed by atoms with Crippen molar-refractivity contribution in [2.24, 2.45) is 0 Å². The molecule has 0 atom stereocenters. The molecule has 0 spiro atoms. The summed E-state index contributed by atoms with van der Waals surface area (Å²) in [5.41, 5.74) is 0.696. The molecule has 0 saturated heterocycles. The quantitative estimate of drug-likeness (QED) is 0.763. The van der Waals surface area contributed by atoms with Gasteiger partial charge < -0.3 is 10.1 Å². The molecule has 1 aliphatic rings. The van der Waals surface area contributed by atoms with E-state index in [1.54, 1.807) is 13.2 Å². The van der Waals surface area contributed by atoms with Gasteiger partial charge >= 0.3 is 0 Å². The molecular weight excluding hydrogens is 356 g/mol. The van der Waals surface area contributed by atoms with Gasteiger partial charge in [-0.1, -0.05) is 6.07 Å². The van der Waals surface area contributed by atoms with E-state index in [-0.39, 0.29) is 10.5 Å². The highest BCUT2D eigenvalue weighted by molar-refractivity contribution is 9.10. The number of rotatable bonds is 7. The van der Waals surface area contributed by atoms with Crippen LogP contribution in [0.15, 0.2) is 27.6 Å². The van der Waals surface area contributed by atoms with E-state index in [0.29, 0.717) is 17.6 Å². The van der Waals surface area contributed by atoms with Gasteiger partial charge in [-0.15, -0.1) is 0 Å². The molecule has 0 heterocycles. The summed E-state index contributed by atoms with van der Waals surface area (Å²) in [6.07, 6.45) is 2.88. The van der Waals surface area contributed by atoms with E-state index in [0.717, 1.165) is 24.8 Å². The molecule has 0 aromatic heterocycles. The van der Waals surface area contributed by atoms with Gasteiger partial charge in [0.1, 0.15) is 0 Å². The molecule has 5 nitrogen and oxygen atoms in total. The molecule has 2 N–H and O–H groups in total. The number of benzene rings is 1. The van der Waals surface area contributed by atoms with Crippen LogP contribution < -0.4 is 10.0 Å². The third-order valence-corrected chi connectivity index (χ3v) is 6.33. The summed E-state index contributed by atoms with van der Waals surface area (Å²) < 4.78 is 33.5. The summed E-state index contributed by atoms with van der Waals surface area (Å²) >= 11 is 3.34. The second kappa shape index (κ2) is 6.75. The van der Waals surface area contributed by atoms with Gasteiger partial charge in [0.2, 0.25) is 10.0 Å². The van der Waals surface area contributed by atoms with Crippen LogP contribution in [0.25, 0.3) is 0 Å². The second-order valence-electron chi connectivity index (χ2n) is 5.36. The van der Waals surface area contributed by atoms with Crippen LogP contribution in [-0.4, -0.2) is 34.7 Å². The molecular formula is C14H21BrN2O3S. The lowest BCUT2D eigenvalue weighted by molar-refractivity contribution is -0.0659. The molecule has 1 aliphatic carbocycles. The van der Waals surface area contributed by atoms with E-state index in [1.807, 2.05) is 19.2 Å². The van der Waals surface area contributed by atoms with Crippen molar-refractivity contribution >= 4 is 26.0 Å². The third-order valence-electron chi connectivity index (χ3n) is 3.95. The van der Waals surface area contributed by atoms with Gasteiger partial charge in [0.15, 0.2) is 0 Å². The van der Waals surface area contributed by atoms with Crippen molar-refractivity contribution in [1.82, 2.24) is 10.0 Å². The van der Waals surface area contributed by atoms with Crippen LogP contribution in [-0.2, 0) is 21.3 Å². The van der Waals surface area contributed by atoms with Crippen LogP contribution in [0.2, 0.25) is 0 Å². The molecule has 118 valence electrons. The standard InChI is InChI=1S/C14H21BrN2O3S/c1-16-9-11-4-5-13(12(15)8-11)21(18,19)17-10-14(20-2)6-3-7-14/h4-5,8,16-17H,3,6-7,9-10H2,1-2H3. The number of halogens is 1. The molecule has 7 heteroatoms. The van der Waals surface area contributed by atoms with Gasteiger partial charge in [-0.2, -0.15) is 0 Å². The summed E-state index contributed by atoms with van der Waals surface area (Å²) in [6.45, 7) is 1.01. The highest BCUT2D eigenvalue weighted by atomic mass is 79.9. The fourth-order valence-electron chi connectivity index (χ4n) is 2.40. The lowest BCUT2D eigenvalue weighted by Gasteiger charge is -2.40. The summed E-state index contributed by atoms with van der Waals surface area (Å²) in [4.78, 5) is 0.257. The van der Waals surface area contributed by atoms with E-state index < -0.39 is 10.0 Å². The smallest absolute Gasteiger partial charge is 0.241 e. The Hall–Kier alpha value is -0.470. The van der Waals surface area contributed by atoms with Crippen molar-refractivity contribution in [3.05, 3.63) is 28.2 Å². The van der Waals surface area contributed by atoms with Crippen LogP contribution in [0.3, 0.4) is 0 Å². The zero-order chi connectivity index (χ0) is 15.5. The van der Waals surface area contributed by atoms with Crippen molar-refractivity contribution in [2.75, 3.05) is 20.7 Å². The van der Waals surface area contributed by atoms with E-state index in [4.69, 9.17) is 4.74 Å². The average Bonchev–Trinajstić information content (AvgIpc) is 2.38. The Morgan fingerprint density at radius 1 is 1.38 bits per heavy atom. The van der Waals surface area contributed by atoms with E-state index >= 15 is 0 Å². The predicted octanol–water partition coefficient (Wildman–Crippen LogP) is 2.02. The Bertz CT molecular complexity index is 595. The lowest BCUT2D eigenvalue weighted by Crippen LogP contribution is -2.49. The largest absolute Gasteiger partial charge is 0.377 e. The average molecular weight is 377 g/mol. The first-order valence-electron chi connectivity index (χ1n) is 6.90. The molecule has 0 bridgehead atoms. The molecule has 0 radical (unpaired) electrons. The van der Waals surface area contributed by atoms with Crippen LogP contribution in [0.5, 0.6) is 0 Å². The van der Waals surface area contributed by atoms with Crippen molar-refractivity contribution < 1.29 is 13.2 Å². The molecule has 2 rings (SSSR count). The highest BCUT2D eigenvalue weighted by Gasteiger charge is 2.38. The normalized spacial score (nSPS) is 17.5. The van der Waals surface area contributed by atoms with Crippen molar-refractivity contribution in [1.29, 1.82) is 0 Å². The Morgan fingerprint density at radius 2 is 2.10 bits per heavy atom. The summed E-state index contributed by atoms with van der Waals surface area (Å²) in [5.74, 6) is 0. The summed E-state index contributed by atoms with van der Waals surface area (Å²) in [5, 5.41) is 3.03. The van der Waals surface area contributed by atoms with Crippen LogP contribution in [0, 0.1) is 0 Å². The number of nitrogens with one attached hydrogen (secondary N) is 2. The zero-order valence-corrected chi connectivity index (χ0v) is 14.7. The first-order chi connectivity index (χ1) is 9.92. The van der Waals surface area contributed by atoms with Crippen molar-refractivity contribution in [3.8, 4) is 0 Å². The third kappa shape index (κ3) is 3.84. The summed E-state index contributed by atoms with van der Waals surface area (Å²) in [6, 6.07) is 5.26. The molecule has 1 fully saturated rings. The molecule has 1 aromatic rings. The number of sulfonamides is 1. The number of ether oxygens (including phenoxy) is 1. The van der Waals surface area contributed by atoms with Crippen molar-refractivity contribution in [3.63, 3.8) is 0 Å². The molecule has 1 saturated carbocycles. The maximum absolute atomic E-state index is 12.4. The van der Waals surface area contributed by atoms with E-state index in [2.05, 4.69) is 26.0 Å². The number of hydrogen-bond donors (Lipinski definition) is 2. The molecule has 0 amide bonds. The number of hydrogen-bond acceptors (Lipinski definition) is 4. The fourth-order valence-corrected chi connectivity index (χ4v) is 4.64. The van der Waals surface area contributed by atoms with Crippen molar-refractivity contribution in [2.45, 2.75) is 36.3 Å².